The molecule has 0 aromatic rings. The zero-order chi connectivity index (χ0) is 15.4. The molecule has 0 rings (SSSR count). The lowest BCUT2D eigenvalue weighted by Gasteiger charge is -2.24. The predicted octanol–water partition coefficient (Wildman–Crippen LogP) is 2.32. The third kappa shape index (κ3) is 10.2. The van der Waals surface area contributed by atoms with Crippen LogP contribution in [0.3, 0.4) is 0 Å². The number of hydrogen-bond donors (Lipinski definition) is 1. The Morgan fingerprint density at radius 2 is 1.70 bits per heavy atom. The normalized spacial score (nSPS) is 14.5. The fraction of sp³-hybridized carbons (Fsp3) is 0.938. The van der Waals surface area contributed by atoms with Crippen LogP contribution in [0.5, 0.6) is 0 Å². The lowest BCUT2D eigenvalue weighted by Crippen LogP contribution is -2.41. The first-order chi connectivity index (χ1) is 9.43. The van der Waals surface area contributed by atoms with Gasteiger partial charge in [-0.3, -0.25) is 5.32 Å². The van der Waals surface area contributed by atoms with Crippen molar-refractivity contribution in [3.63, 3.8) is 0 Å². The van der Waals surface area contributed by atoms with Gasteiger partial charge in [-0.25, -0.2) is 0 Å². The summed E-state index contributed by atoms with van der Waals surface area (Å²) in [6.45, 7) is 8.51. The van der Waals surface area contributed by atoms with Crippen LogP contribution >= 0.6 is 0 Å². The summed E-state index contributed by atoms with van der Waals surface area (Å²) in [5, 5.41) is 12.6. The first-order valence-electron chi connectivity index (χ1n) is 7.93. The Morgan fingerprint density at radius 1 is 1.05 bits per heavy atom. The van der Waals surface area contributed by atoms with Crippen molar-refractivity contribution in [1.82, 2.24) is 15.1 Å². The summed E-state index contributed by atoms with van der Waals surface area (Å²) >= 11 is 0. The van der Waals surface area contributed by atoms with Gasteiger partial charge in [0.25, 0.3) is 0 Å². The summed E-state index contributed by atoms with van der Waals surface area (Å²) in [5.41, 5.74) is -0.348. The lowest BCUT2D eigenvalue weighted by atomic mass is 9.96. The summed E-state index contributed by atoms with van der Waals surface area (Å²) in [6.07, 6.45) is 5.51. The highest BCUT2D eigenvalue weighted by Gasteiger charge is 2.21. The summed E-state index contributed by atoms with van der Waals surface area (Å²) < 4.78 is 0. The Morgan fingerprint density at radius 3 is 2.25 bits per heavy atom. The molecule has 1 N–H and O–H groups in total. The Bertz CT molecular complexity index is 272. The molecule has 0 aromatic carbocycles. The van der Waals surface area contributed by atoms with Crippen LogP contribution in [0.4, 0.5) is 0 Å². The van der Waals surface area contributed by atoms with Crippen LogP contribution in [-0.4, -0.2) is 62.7 Å². The highest BCUT2D eigenvalue weighted by molar-refractivity contribution is 5.03. The Kier molecular flexibility index (Phi) is 10.7. The van der Waals surface area contributed by atoms with Gasteiger partial charge in [0.1, 0.15) is 5.54 Å². The van der Waals surface area contributed by atoms with Crippen molar-refractivity contribution in [2.45, 2.75) is 51.5 Å². The maximum atomic E-state index is 9.26. The van der Waals surface area contributed by atoms with Crippen LogP contribution in [0.2, 0.25) is 0 Å². The molecule has 1 unspecified atom stereocenters. The summed E-state index contributed by atoms with van der Waals surface area (Å²) in [7, 11) is 6.42. The van der Waals surface area contributed by atoms with E-state index in [2.05, 4.69) is 49.3 Å². The first-order valence-corrected chi connectivity index (χ1v) is 7.93. The highest BCUT2D eigenvalue weighted by atomic mass is 15.1. The number of nitrogens with zero attached hydrogens (tertiary/aromatic N) is 3. The van der Waals surface area contributed by atoms with Crippen molar-refractivity contribution in [2.75, 3.05) is 47.3 Å². The van der Waals surface area contributed by atoms with E-state index in [-0.39, 0.29) is 5.54 Å². The van der Waals surface area contributed by atoms with E-state index in [0.29, 0.717) is 0 Å². The van der Waals surface area contributed by atoms with E-state index in [1.165, 1.54) is 12.8 Å². The smallest absolute Gasteiger partial charge is 0.103 e. The minimum absolute atomic E-state index is 0.348. The summed E-state index contributed by atoms with van der Waals surface area (Å²) in [6, 6.07) is 2.42. The van der Waals surface area contributed by atoms with Gasteiger partial charge in [0.05, 0.1) is 6.07 Å². The van der Waals surface area contributed by atoms with Crippen molar-refractivity contribution in [3.8, 4) is 6.07 Å². The van der Waals surface area contributed by atoms with Crippen LogP contribution in [0.1, 0.15) is 46.0 Å². The monoisotopic (exact) mass is 282 g/mol. The van der Waals surface area contributed by atoms with Crippen molar-refractivity contribution in [3.05, 3.63) is 0 Å². The van der Waals surface area contributed by atoms with Crippen LogP contribution in [0.25, 0.3) is 0 Å². The molecule has 0 aliphatic heterocycles. The van der Waals surface area contributed by atoms with Gasteiger partial charge in [-0.15, -0.1) is 0 Å². The Balaban J connectivity index is 3.70. The average Bonchev–Trinajstić information content (AvgIpc) is 2.41. The van der Waals surface area contributed by atoms with Crippen molar-refractivity contribution < 1.29 is 0 Å². The molecule has 20 heavy (non-hydrogen) atoms. The minimum Gasteiger partial charge on any atom is -0.309 e. The van der Waals surface area contributed by atoms with Gasteiger partial charge in [0.15, 0.2) is 0 Å². The van der Waals surface area contributed by atoms with Crippen LogP contribution in [0.15, 0.2) is 0 Å². The quantitative estimate of drug-likeness (QED) is 0.558. The van der Waals surface area contributed by atoms with E-state index in [9.17, 15) is 5.26 Å². The molecule has 0 aliphatic carbocycles. The molecule has 0 saturated carbocycles. The lowest BCUT2D eigenvalue weighted by molar-refractivity contribution is 0.289. The maximum Gasteiger partial charge on any atom is 0.103 e. The standard InChI is InChI=1S/C16H34N4/c1-6-11-18-16(2,15-17)10-7-8-13-20(5)14-9-12-19(3)4/h18H,6-14H2,1-5H3. The molecule has 0 fully saturated rings. The second-order valence-electron chi connectivity index (χ2n) is 6.29. The molecule has 0 saturated heterocycles. The molecule has 0 heterocycles. The molecule has 4 heteroatoms. The Hall–Kier alpha value is -0.630. The SMILES string of the molecule is CCCNC(C)(C#N)CCCCN(C)CCCN(C)C. The van der Waals surface area contributed by atoms with Gasteiger partial charge in [-0.1, -0.05) is 6.92 Å². The molecule has 1 atom stereocenters. The molecule has 0 bridgehead atoms. The number of rotatable bonds is 12. The largest absolute Gasteiger partial charge is 0.309 e. The number of nitriles is 1. The molecular weight excluding hydrogens is 248 g/mol. The summed E-state index contributed by atoms with van der Waals surface area (Å²) in [4.78, 5) is 4.62. The second kappa shape index (κ2) is 11.1. The van der Waals surface area contributed by atoms with E-state index < -0.39 is 0 Å². The minimum atomic E-state index is -0.348. The van der Waals surface area contributed by atoms with Crippen LogP contribution < -0.4 is 5.32 Å². The average molecular weight is 282 g/mol. The molecular formula is C16H34N4. The topological polar surface area (TPSA) is 42.3 Å². The molecule has 0 radical (unpaired) electrons. The van der Waals surface area contributed by atoms with E-state index in [0.717, 1.165) is 45.4 Å². The fourth-order valence-electron chi connectivity index (χ4n) is 2.21. The Labute approximate surface area is 126 Å². The molecule has 118 valence electrons. The first kappa shape index (κ1) is 19.4. The van der Waals surface area contributed by atoms with Gasteiger partial charge in [-0.05, 0) is 86.3 Å². The third-order valence-electron chi connectivity index (χ3n) is 3.62. The van der Waals surface area contributed by atoms with Gasteiger partial charge < -0.3 is 9.80 Å². The third-order valence-corrected chi connectivity index (χ3v) is 3.62. The molecule has 0 amide bonds. The second-order valence-corrected chi connectivity index (χ2v) is 6.29. The van der Waals surface area contributed by atoms with Gasteiger partial charge in [-0.2, -0.15) is 5.26 Å². The van der Waals surface area contributed by atoms with Crippen molar-refractivity contribution >= 4 is 0 Å². The predicted molar refractivity (Wildman–Crippen MR) is 86.8 cm³/mol. The van der Waals surface area contributed by atoms with E-state index >= 15 is 0 Å². The van der Waals surface area contributed by atoms with Gasteiger partial charge in [0.2, 0.25) is 0 Å². The zero-order valence-electron chi connectivity index (χ0n) is 14.2. The van der Waals surface area contributed by atoms with Crippen molar-refractivity contribution in [2.24, 2.45) is 0 Å². The molecule has 0 aliphatic rings. The number of nitrogens with one attached hydrogen (secondary N) is 1. The number of hydrogen-bond acceptors (Lipinski definition) is 4. The maximum absolute atomic E-state index is 9.26. The van der Waals surface area contributed by atoms with Crippen LogP contribution in [0, 0.1) is 11.3 Å². The molecule has 4 nitrogen and oxygen atoms in total. The fourth-order valence-corrected chi connectivity index (χ4v) is 2.21. The molecule has 0 aromatic heterocycles. The van der Waals surface area contributed by atoms with Crippen LogP contribution in [-0.2, 0) is 0 Å². The summed E-state index contributed by atoms with van der Waals surface area (Å²) in [5.74, 6) is 0. The number of unbranched alkanes of at least 4 members (excludes halogenated alkanes) is 1. The zero-order valence-corrected chi connectivity index (χ0v) is 14.2. The molecule has 0 spiro atoms. The van der Waals surface area contributed by atoms with Gasteiger partial charge >= 0.3 is 0 Å². The van der Waals surface area contributed by atoms with E-state index in [1.54, 1.807) is 0 Å². The van der Waals surface area contributed by atoms with Gasteiger partial charge in [0, 0.05) is 0 Å². The van der Waals surface area contributed by atoms with E-state index in [1.807, 2.05) is 6.92 Å². The van der Waals surface area contributed by atoms with Crippen molar-refractivity contribution in [1.29, 1.82) is 5.26 Å². The van der Waals surface area contributed by atoms with E-state index in [4.69, 9.17) is 0 Å². The highest BCUT2D eigenvalue weighted by Crippen LogP contribution is 2.13.